The predicted molar refractivity (Wildman–Crippen MR) is 66.9 cm³/mol. The Morgan fingerprint density at radius 3 is 3.07 bits per heavy atom. The number of anilines is 1. The van der Waals surface area contributed by atoms with Crippen molar-refractivity contribution in [3.8, 4) is 5.88 Å². The van der Waals surface area contributed by atoms with Crippen LogP contribution in [-0.2, 0) is 0 Å². The van der Waals surface area contributed by atoms with Gasteiger partial charge < -0.3 is 10.1 Å². The lowest BCUT2D eigenvalue weighted by Crippen LogP contribution is -2.05. The van der Waals surface area contributed by atoms with E-state index in [4.69, 9.17) is 4.74 Å². The van der Waals surface area contributed by atoms with Crippen LogP contribution in [0.3, 0.4) is 0 Å². The van der Waals surface area contributed by atoms with Crippen LogP contribution >= 0.6 is 11.8 Å². The van der Waals surface area contributed by atoms with Crippen LogP contribution in [0.15, 0.2) is 18.2 Å². The van der Waals surface area contributed by atoms with Crippen molar-refractivity contribution in [3.05, 3.63) is 18.2 Å². The van der Waals surface area contributed by atoms with Crippen LogP contribution in [0.25, 0.3) is 0 Å². The van der Waals surface area contributed by atoms with E-state index in [1.807, 2.05) is 36.9 Å². The molecule has 0 unspecified atom stereocenters. The molecule has 0 radical (unpaired) electrons. The number of thioether (sulfide) groups is 1. The first kappa shape index (κ1) is 12.2. The number of pyridine rings is 1. The summed E-state index contributed by atoms with van der Waals surface area (Å²) in [5, 5.41) is 3.27. The third-order valence-electron chi connectivity index (χ3n) is 1.85. The Kier molecular flexibility index (Phi) is 6.00. The first-order valence-corrected chi connectivity index (χ1v) is 6.59. The quantitative estimate of drug-likeness (QED) is 0.725. The minimum atomic E-state index is 0.656. The highest BCUT2D eigenvalue weighted by Crippen LogP contribution is 2.11. The molecule has 15 heavy (non-hydrogen) atoms. The minimum absolute atomic E-state index is 0.656. The van der Waals surface area contributed by atoms with Crippen molar-refractivity contribution in [3.63, 3.8) is 0 Å². The maximum atomic E-state index is 5.32. The topological polar surface area (TPSA) is 34.1 Å². The van der Waals surface area contributed by atoms with Gasteiger partial charge in [-0.2, -0.15) is 16.7 Å². The van der Waals surface area contributed by atoms with Crippen molar-refractivity contribution in [2.24, 2.45) is 0 Å². The summed E-state index contributed by atoms with van der Waals surface area (Å²) in [6, 6.07) is 5.78. The summed E-state index contributed by atoms with van der Waals surface area (Å²) >= 11 is 1.86. The average Bonchev–Trinajstić information content (AvgIpc) is 2.26. The van der Waals surface area contributed by atoms with Crippen molar-refractivity contribution >= 4 is 17.6 Å². The number of nitrogens with one attached hydrogen (secondary N) is 1. The molecule has 0 spiro atoms. The summed E-state index contributed by atoms with van der Waals surface area (Å²) in [5.41, 5.74) is 0. The highest BCUT2D eigenvalue weighted by atomic mass is 32.2. The lowest BCUT2D eigenvalue weighted by Gasteiger charge is -2.07. The summed E-state index contributed by atoms with van der Waals surface area (Å²) in [7, 11) is 0. The summed E-state index contributed by atoms with van der Waals surface area (Å²) in [6.07, 6.45) is 3.27. The van der Waals surface area contributed by atoms with Gasteiger partial charge in [-0.1, -0.05) is 6.07 Å². The Hall–Kier alpha value is -0.900. The normalized spacial score (nSPS) is 10.0. The van der Waals surface area contributed by atoms with Crippen molar-refractivity contribution < 1.29 is 4.74 Å². The van der Waals surface area contributed by atoms with Crippen LogP contribution in [0.5, 0.6) is 5.88 Å². The van der Waals surface area contributed by atoms with Crippen molar-refractivity contribution in [2.75, 3.05) is 30.5 Å². The van der Waals surface area contributed by atoms with Gasteiger partial charge in [0.15, 0.2) is 0 Å². The molecule has 3 nitrogen and oxygen atoms in total. The number of hydrogen-bond donors (Lipinski definition) is 1. The Morgan fingerprint density at radius 1 is 1.47 bits per heavy atom. The second-order valence-electron chi connectivity index (χ2n) is 3.07. The fourth-order valence-corrected chi connectivity index (χ4v) is 1.61. The molecular weight excluding hydrogens is 208 g/mol. The molecule has 0 aliphatic rings. The zero-order chi connectivity index (χ0) is 10.9. The molecular formula is C11H18N2OS. The molecule has 0 aliphatic heterocycles. The van der Waals surface area contributed by atoms with E-state index in [1.165, 1.54) is 5.75 Å². The Labute approximate surface area is 95.6 Å². The molecule has 0 saturated carbocycles. The van der Waals surface area contributed by atoms with Crippen LogP contribution in [0.2, 0.25) is 0 Å². The molecule has 0 aromatic carbocycles. The molecule has 1 rings (SSSR count). The van der Waals surface area contributed by atoms with Crippen LogP contribution in [0.4, 0.5) is 5.82 Å². The molecule has 1 heterocycles. The molecule has 0 aliphatic carbocycles. The number of ether oxygens (including phenoxy) is 1. The van der Waals surface area contributed by atoms with Gasteiger partial charge >= 0.3 is 0 Å². The molecule has 0 amide bonds. The summed E-state index contributed by atoms with van der Waals surface area (Å²) in [4.78, 5) is 4.32. The highest BCUT2D eigenvalue weighted by molar-refractivity contribution is 7.98. The lowest BCUT2D eigenvalue weighted by atomic mass is 10.4. The van der Waals surface area contributed by atoms with E-state index < -0.39 is 0 Å². The molecule has 0 bridgehead atoms. The average molecular weight is 226 g/mol. The molecule has 1 aromatic rings. The van der Waals surface area contributed by atoms with Crippen LogP contribution < -0.4 is 10.1 Å². The van der Waals surface area contributed by atoms with Crippen LogP contribution in [0, 0.1) is 0 Å². The first-order valence-electron chi connectivity index (χ1n) is 5.19. The van der Waals surface area contributed by atoms with E-state index in [2.05, 4.69) is 16.6 Å². The van der Waals surface area contributed by atoms with Crippen molar-refractivity contribution in [1.82, 2.24) is 4.98 Å². The number of aromatic nitrogens is 1. The van der Waals surface area contributed by atoms with Crippen molar-refractivity contribution in [2.45, 2.75) is 13.3 Å². The minimum Gasteiger partial charge on any atom is -0.478 e. The molecule has 1 N–H and O–H groups in total. The van der Waals surface area contributed by atoms with E-state index >= 15 is 0 Å². The van der Waals surface area contributed by atoms with Gasteiger partial charge in [0.25, 0.3) is 0 Å². The SMILES string of the molecule is CCOc1cccc(NCCCSC)n1. The van der Waals surface area contributed by atoms with Gasteiger partial charge in [0.2, 0.25) is 5.88 Å². The van der Waals surface area contributed by atoms with E-state index in [0.717, 1.165) is 18.8 Å². The first-order chi connectivity index (χ1) is 7.36. The zero-order valence-electron chi connectivity index (χ0n) is 9.32. The van der Waals surface area contributed by atoms with Gasteiger partial charge in [-0.3, -0.25) is 0 Å². The fourth-order valence-electron chi connectivity index (χ4n) is 1.17. The van der Waals surface area contributed by atoms with Crippen LogP contribution in [0.1, 0.15) is 13.3 Å². The highest BCUT2D eigenvalue weighted by Gasteiger charge is 1.96. The monoisotopic (exact) mass is 226 g/mol. The van der Waals surface area contributed by atoms with Crippen LogP contribution in [-0.4, -0.2) is 30.1 Å². The standard InChI is InChI=1S/C11H18N2OS/c1-3-14-11-7-4-6-10(13-11)12-8-5-9-15-2/h4,6-7H,3,5,8-9H2,1-2H3,(H,12,13). The molecule has 1 aromatic heterocycles. The maximum absolute atomic E-state index is 5.32. The molecule has 0 saturated heterocycles. The van der Waals surface area contributed by atoms with Crippen molar-refractivity contribution in [1.29, 1.82) is 0 Å². The van der Waals surface area contributed by atoms with E-state index in [9.17, 15) is 0 Å². The summed E-state index contributed by atoms with van der Waals surface area (Å²) in [5.74, 6) is 2.76. The Bertz CT molecular complexity index is 281. The number of rotatable bonds is 7. The van der Waals surface area contributed by atoms with E-state index in [-0.39, 0.29) is 0 Å². The predicted octanol–water partition coefficient (Wildman–Crippen LogP) is 2.65. The zero-order valence-corrected chi connectivity index (χ0v) is 10.1. The largest absolute Gasteiger partial charge is 0.478 e. The van der Waals surface area contributed by atoms with Gasteiger partial charge in [0.1, 0.15) is 5.82 Å². The van der Waals surface area contributed by atoms with E-state index in [1.54, 1.807) is 0 Å². The van der Waals surface area contributed by atoms with Gasteiger partial charge in [0.05, 0.1) is 6.61 Å². The second kappa shape index (κ2) is 7.40. The van der Waals surface area contributed by atoms with Gasteiger partial charge in [-0.15, -0.1) is 0 Å². The van der Waals surface area contributed by atoms with E-state index in [0.29, 0.717) is 12.5 Å². The fraction of sp³-hybridized carbons (Fsp3) is 0.545. The summed E-state index contributed by atoms with van der Waals surface area (Å²) < 4.78 is 5.32. The molecule has 4 heteroatoms. The van der Waals surface area contributed by atoms with Gasteiger partial charge in [-0.25, -0.2) is 0 Å². The van der Waals surface area contributed by atoms with Gasteiger partial charge in [-0.05, 0) is 31.4 Å². The third kappa shape index (κ3) is 4.93. The Balaban J connectivity index is 2.36. The maximum Gasteiger partial charge on any atom is 0.215 e. The molecule has 84 valence electrons. The smallest absolute Gasteiger partial charge is 0.215 e. The van der Waals surface area contributed by atoms with Gasteiger partial charge in [0, 0.05) is 12.6 Å². The lowest BCUT2D eigenvalue weighted by molar-refractivity contribution is 0.327. The summed E-state index contributed by atoms with van der Waals surface area (Å²) in [6.45, 7) is 3.58. The third-order valence-corrected chi connectivity index (χ3v) is 2.54. The number of nitrogens with zero attached hydrogens (tertiary/aromatic N) is 1. The number of hydrogen-bond acceptors (Lipinski definition) is 4. The Morgan fingerprint density at radius 2 is 2.33 bits per heavy atom. The molecule has 0 atom stereocenters. The second-order valence-corrected chi connectivity index (χ2v) is 4.05. The molecule has 0 fully saturated rings.